The molecule has 0 unspecified atom stereocenters. The van der Waals surface area contributed by atoms with Gasteiger partial charge in [0.15, 0.2) is 5.15 Å². The molecule has 3 rings (SSSR count). The second-order valence-corrected chi connectivity index (χ2v) is 5.10. The second-order valence-electron chi connectivity index (χ2n) is 4.30. The summed E-state index contributed by atoms with van der Waals surface area (Å²) in [7, 11) is 0. The third-order valence-corrected chi connectivity index (χ3v) is 3.52. The average Bonchev–Trinajstić information content (AvgIpc) is 2.83. The summed E-state index contributed by atoms with van der Waals surface area (Å²) < 4.78 is 7.09. The molecular formula is C13H10Cl2N2O2. The summed E-state index contributed by atoms with van der Waals surface area (Å²) >= 11 is 11.8. The maximum atomic E-state index is 11.9. The fourth-order valence-electron chi connectivity index (χ4n) is 2.19. The molecule has 1 aromatic heterocycles. The Kier molecular flexibility index (Phi) is 3.21. The highest BCUT2D eigenvalue weighted by molar-refractivity contribution is 6.30. The van der Waals surface area contributed by atoms with Crippen LogP contribution in [-0.2, 0) is 13.0 Å². The van der Waals surface area contributed by atoms with Crippen molar-refractivity contribution in [3.05, 3.63) is 56.2 Å². The minimum absolute atomic E-state index is 0.0397. The number of nitrogens with zero attached hydrogens (tertiary/aromatic N) is 2. The molecule has 0 N–H and O–H groups in total. The lowest BCUT2D eigenvalue weighted by Crippen LogP contribution is -2.21. The molecule has 19 heavy (non-hydrogen) atoms. The molecule has 1 aromatic carbocycles. The van der Waals surface area contributed by atoms with E-state index in [2.05, 4.69) is 4.98 Å². The van der Waals surface area contributed by atoms with Gasteiger partial charge in [-0.3, -0.25) is 4.79 Å². The zero-order chi connectivity index (χ0) is 13.4. The third-order valence-electron chi connectivity index (χ3n) is 3.04. The molecule has 0 fully saturated rings. The Hall–Kier alpha value is -1.52. The molecular weight excluding hydrogens is 287 g/mol. The van der Waals surface area contributed by atoms with E-state index in [4.69, 9.17) is 27.9 Å². The lowest BCUT2D eigenvalue weighted by Gasteiger charge is -2.10. The highest BCUT2D eigenvalue weighted by atomic mass is 35.5. The van der Waals surface area contributed by atoms with Crippen molar-refractivity contribution in [3.8, 4) is 5.75 Å². The molecule has 0 aliphatic carbocycles. The molecule has 4 nitrogen and oxygen atoms in total. The molecule has 1 aliphatic rings. The first-order valence-corrected chi connectivity index (χ1v) is 6.56. The number of benzene rings is 1. The normalized spacial score (nSPS) is 13.2. The van der Waals surface area contributed by atoms with E-state index in [1.807, 2.05) is 12.1 Å². The summed E-state index contributed by atoms with van der Waals surface area (Å²) in [5.74, 6) is 0.823. The lowest BCUT2D eigenvalue weighted by molar-refractivity contribution is 0.352. The molecule has 0 bridgehead atoms. The summed E-state index contributed by atoms with van der Waals surface area (Å²) in [6.45, 7) is 1.01. The van der Waals surface area contributed by atoms with E-state index in [0.717, 1.165) is 23.3 Å². The van der Waals surface area contributed by atoms with Crippen LogP contribution in [0.4, 0.5) is 0 Å². The van der Waals surface area contributed by atoms with Crippen molar-refractivity contribution in [2.24, 2.45) is 0 Å². The quantitative estimate of drug-likeness (QED) is 0.855. The molecule has 1 aliphatic heterocycles. The Bertz CT molecular complexity index is 698. The topological polar surface area (TPSA) is 44.1 Å². The van der Waals surface area contributed by atoms with Crippen LogP contribution in [0.15, 0.2) is 29.3 Å². The van der Waals surface area contributed by atoms with E-state index >= 15 is 0 Å². The number of aromatic nitrogens is 2. The maximum absolute atomic E-state index is 11.9. The lowest BCUT2D eigenvalue weighted by atomic mass is 10.1. The standard InChI is InChI=1S/C13H10Cl2N2O2/c14-10-5-8-1-4-19-11(8)9(6-10)7-17-3-2-16-12(15)13(17)18/h2-3,5-6H,1,4,7H2. The van der Waals surface area contributed by atoms with Gasteiger partial charge in [-0.05, 0) is 17.7 Å². The molecule has 0 saturated heterocycles. The van der Waals surface area contributed by atoms with Crippen molar-refractivity contribution < 1.29 is 4.74 Å². The van der Waals surface area contributed by atoms with E-state index < -0.39 is 0 Å². The van der Waals surface area contributed by atoms with Gasteiger partial charge in [-0.2, -0.15) is 0 Å². The SMILES string of the molecule is O=c1c(Cl)nccn1Cc1cc(Cl)cc2c1OCC2. The zero-order valence-corrected chi connectivity index (χ0v) is 11.4. The van der Waals surface area contributed by atoms with Gasteiger partial charge in [-0.15, -0.1) is 0 Å². The minimum Gasteiger partial charge on any atom is -0.493 e. The first kappa shape index (κ1) is 12.5. The van der Waals surface area contributed by atoms with E-state index in [1.165, 1.54) is 10.8 Å². The van der Waals surface area contributed by atoms with Gasteiger partial charge in [0, 0.05) is 29.4 Å². The summed E-state index contributed by atoms with van der Waals surface area (Å²) in [5.41, 5.74) is 1.64. The molecule has 98 valence electrons. The molecule has 0 spiro atoms. The van der Waals surface area contributed by atoms with Crippen LogP contribution in [-0.4, -0.2) is 16.2 Å². The monoisotopic (exact) mass is 296 g/mol. The van der Waals surface area contributed by atoms with E-state index in [9.17, 15) is 4.79 Å². The van der Waals surface area contributed by atoms with Crippen LogP contribution < -0.4 is 10.3 Å². The Balaban J connectivity index is 2.05. The first-order chi connectivity index (χ1) is 9.15. The van der Waals surface area contributed by atoms with E-state index in [0.29, 0.717) is 18.2 Å². The number of hydrogen-bond donors (Lipinski definition) is 0. The summed E-state index contributed by atoms with van der Waals surface area (Å²) in [4.78, 5) is 15.6. The van der Waals surface area contributed by atoms with Crippen molar-refractivity contribution in [3.63, 3.8) is 0 Å². The summed E-state index contributed by atoms with van der Waals surface area (Å²) in [6.07, 6.45) is 3.93. The largest absolute Gasteiger partial charge is 0.493 e. The predicted molar refractivity (Wildman–Crippen MR) is 73.3 cm³/mol. The Morgan fingerprint density at radius 3 is 3.05 bits per heavy atom. The van der Waals surface area contributed by atoms with E-state index in [1.54, 1.807) is 6.20 Å². The number of fused-ring (bicyclic) bond motifs is 1. The molecule has 0 saturated carbocycles. The van der Waals surface area contributed by atoms with Crippen LogP contribution >= 0.6 is 23.2 Å². The average molecular weight is 297 g/mol. The Morgan fingerprint density at radius 1 is 1.37 bits per heavy atom. The van der Waals surface area contributed by atoms with Crippen LogP contribution in [0.1, 0.15) is 11.1 Å². The number of ether oxygens (including phenoxy) is 1. The van der Waals surface area contributed by atoms with Crippen LogP contribution in [0.3, 0.4) is 0 Å². The first-order valence-electron chi connectivity index (χ1n) is 5.80. The Morgan fingerprint density at radius 2 is 2.21 bits per heavy atom. The third kappa shape index (κ3) is 2.33. The van der Waals surface area contributed by atoms with Gasteiger partial charge in [-0.25, -0.2) is 4.98 Å². The molecule has 0 atom stereocenters. The zero-order valence-electron chi connectivity index (χ0n) is 9.90. The highest BCUT2D eigenvalue weighted by Gasteiger charge is 2.18. The van der Waals surface area contributed by atoms with Crippen molar-refractivity contribution in [2.45, 2.75) is 13.0 Å². The highest BCUT2D eigenvalue weighted by Crippen LogP contribution is 2.33. The summed E-state index contributed by atoms with van der Waals surface area (Å²) in [5, 5.41) is 0.606. The second kappa shape index (κ2) is 4.87. The van der Waals surface area contributed by atoms with Crippen LogP contribution in [0.25, 0.3) is 0 Å². The van der Waals surface area contributed by atoms with Gasteiger partial charge in [0.1, 0.15) is 5.75 Å². The maximum Gasteiger partial charge on any atom is 0.288 e. The predicted octanol–water partition coefficient (Wildman–Crippen LogP) is 2.53. The Labute approximate surface area is 119 Å². The minimum atomic E-state index is -0.323. The van der Waals surface area contributed by atoms with Gasteiger partial charge in [0.2, 0.25) is 0 Å². The molecule has 0 amide bonds. The smallest absolute Gasteiger partial charge is 0.288 e. The van der Waals surface area contributed by atoms with Gasteiger partial charge in [-0.1, -0.05) is 23.2 Å². The van der Waals surface area contributed by atoms with Gasteiger partial charge in [0.25, 0.3) is 5.56 Å². The molecule has 2 heterocycles. The van der Waals surface area contributed by atoms with Gasteiger partial charge < -0.3 is 9.30 Å². The molecule has 2 aromatic rings. The fourth-order valence-corrected chi connectivity index (χ4v) is 2.62. The number of rotatable bonds is 2. The molecule has 6 heteroatoms. The van der Waals surface area contributed by atoms with Crippen molar-refractivity contribution in [1.82, 2.24) is 9.55 Å². The number of halogens is 2. The van der Waals surface area contributed by atoms with Crippen LogP contribution in [0, 0.1) is 0 Å². The van der Waals surface area contributed by atoms with Crippen molar-refractivity contribution in [2.75, 3.05) is 6.61 Å². The molecule has 0 radical (unpaired) electrons. The van der Waals surface area contributed by atoms with Crippen molar-refractivity contribution in [1.29, 1.82) is 0 Å². The van der Waals surface area contributed by atoms with Crippen LogP contribution in [0.5, 0.6) is 5.75 Å². The van der Waals surface area contributed by atoms with Crippen LogP contribution in [0.2, 0.25) is 10.2 Å². The fraction of sp³-hybridized carbons (Fsp3) is 0.231. The van der Waals surface area contributed by atoms with E-state index in [-0.39, 0.29) is 10.7 Å². The number of hydrogen-bond acceptors (Lipinski definition) is 3. The van der Waals surface area contributed by atoms with Gasteiger partial charge >= 0.3 is 0 Å². The summed E-state index contributed by atoms with van der Waals surface area (Å²) in [6, 6.07) is 3.71. The van der Waals surface area contributed by atoms with Crippen molar-refractivity contribution >= 4 is 23.2 Å². The van der Waals surface area contributed by atoms with Gasteiger partial charge in [0.05, 0.1) is 13.2 Å².